The van der Waals surface area contributed by atoms with E-state index < -0.39 is 0 Å². The second kappa shape index (κ2) is 6.51. The van der Waals surface area contributed by atoms with E-state index in [2.05, 4.69) is 80.6 Å². The van der Waals surface area contributed by atoms with E-state index in [-0.39, 0.29) is 17.9 Å². The van der Waals surface area contributed by atoms with Gasteiger partial charge in [-0.25, -0.2) is 0 Å². The Balaban J connectivity index is 0.00000176. The summed E-state index contributed by atoms with van der Waals surface area (Å²) in [4.78, 5) is 0. The van der Waals surface area contributed by atoms with Crippen LogP contribution in [0, 0.1) is 0 Å². The molecule has 22 heavy (non-hydrogen) atoms. The predicted molar refractivity (Wildman–Crippen MR) is 98.6 cm³/mol. The summed E-state index contributed by atoms with van der Waals surface area (Å²) >= 11 is 0. The summed E-state index contributed by atoms with van der Waals surface area (Å²) in [5.74, 6) is 0. The van der Waals surface area contributed by atoms with Gasteiger partial charge in [0.1, 0.15) is 0 Å². The summed E-state index contributed by atoms with van der Waals surface area (Å²) in [5, 5.41) is 2.55. The summed E-state index contributed by atoms with van der Waals surface area (Å²) < 4.78 is 0. The lowest BCUT2D eigenvalue weighted by Gasteiger charge is -2.20. The van der Waals surface area contributed by atoms with Gasteiger partial charge in [0.25, 0.3) is 0 Å². The Morgan fingerprint density at radius 1 is 0.818 bits per heavy atom. The van der Waals surface area contributed by atoms with Gasteiger partial charge < -0.3 is 5.73 Å². The van der Waals surface area contributed by atoms with Crippen LogP contribution in [0.4, 0.5) is 0 Å². The first-order valence-electron chi connectivity index (χ1n) is 7.39. The number of halogens is 1. The molecule has 0 heterocycles. The van der Waals surface area contributed by atoms with Gasteiger partial charge in [-0.05, 0) is 53.8 Å². The van der Waals surface area contributed by atoms with Gasteiger partial charge in [0.2, 0.25) is 0 Å². The molecule has 0 unspecified atom stereocenters. The molecule has 3 rings (SSSR count). The number of nitrogens with two attached hydrogens (primary N) is 1. The van der Waals surface area contributed by atoms with E-state index in [1.165, 1.54) is 27.5 Å². The highest BCUT2D eigenvalue weighted by atomic mass is 35.5. The standard InChI is InChI=1S/C20H21N.ClH/c1-20(2,21)14-18-9-5-6-10-19(18)17-12-11-15-7-3-4-8-16(15)13-17;/h3-13H,14,21H2,1-2H3;1H. The van der Waals surface area contributed by atoms with Crippen molar-refractivity contribution in [2.24, 2.45) is 5.73 Å². The maximum atomic E-state index is 6.20. The molecule has 3 aromatic carbocycles. The first-order valence-corrected chi connectivity index (χ1v) is 7.39. The van der Waals surface area contributed by atoms with Crippen LogP contribution in [-0.2, 0) is 6.42 Å². The third-order valence-electron chi connectivity index (χ3n) is 3.72. The second-order valence-electron chi connectivity index (χ2n) is 6.38. The zero-order chi connectivity index (χ0) is 14.9. The summed E-state index contributed by atoms with van der Waals surface area (Å²) in [6.45, 7) is 4.15. The molecule has 0 aliphatic carbocycles. The molecule has 0 aliphatic rings. The molecule has 0 saturated carbocycles. The van der Waals surface area contributed by atoms with Crippen LogP contribution >= 0.6 is 12.4 Å². The van der Waals surface area contributed by atoms with Gasteiger partial charge in [-0.1, -0.05) is 60.7 Å². The average molecular weight is 312 g/mol. The van der Waals surface area contributed by atoms with Crippen LogP contribution < -0.4 is 5.73 Å². The molecule has 0 saturated heterocycles. The van der Waals surface area contributed by atoms with Crippen molar-refractivity contribution < 1.29 is 0 Å². The van der Waals surface area contributed by atoms with Crippen molar-refractivity contribution in [1.82, 2.24) is 0 Å². The Labute approximate surface area is 138 Å². The normalized spacial score (nSPS) is 11.2. The van der Waals surface area contributed by atoms with Gasteiger partial charge in [-0.2, -0.15) is 0 Å². The van der Waals surface area contributed by atoms with Crippen LogP contribution in [0.2, 0.25) is 0 Å². The first kappa shape index (κ1) is 16.5. The van der Waals surface area contributed by atoms with Crippen LogP contribution in [0.1, 0.15) is 19.4 Å². The number of hydrogen-bond donors (Lipinski definition) is 1. The maximum absolute atomic E-state index is 6.20. The minimum Gasteiger partial charge on any atom is -0.325 e. The molecule has 0 amide bonds. The van der Waals surface area contributed by atoms with Crippen LogP contribution in [0.5, 0.6) is 0 Å². The Bertz CT molecular complexity index is 772. The van der Waals surface area contributed by atoms with E-state index in [0.717, 1.165) is 6.42 Å². The Morgan fingerprint density at radius 2 is 1.45 bits per heavy atom. The monoisotopic (exact) mass is 311 g/mol. The molecular formula is C20H22ClN. The largest absolute Gasteiger partial charge is 0.325 e. The Hall–Kier alpha value is -1.83. The molecule has 0 spiro atoms. The van der Waals surface area contributed by atoms with E-state index in [0.29, 0.717) is 0 Å². The van der Waals surface area contributed by atoms with Crippen molar-refractivity contribution in [3.05, 3.63) is 72.3 Å². The van der Waals surface area contributed by atoms with E-state index in [1.807, 2.05) is 0 Å². The summed E-state index contributed by atoms with van der Waals surface area (Å²) in [6.07, 6.45) is 0.871. The van der Waals surface area contributed by atoms with Crippen LogP contribution in [0.15, 0.2) is 66.7 Å². The number of benzene rings is 3. The predicted octanol–water partition coefficient (Wildman–Crippen LogP) is 5.21. The minimum atomic E-state index is -0.201. The second-order valence-corrected chi connectivity index (χ2v) is 6.38. The molecule has 2 heteroatoms. The highest BCUT2D eigenvalue weighted by Crippen LogP contribution is 2.28. The molecule has 3 aromatic rings. The highest BCUT2D eigenvalue weighted by Gasteiger charge is 2.14. The van der Waals surface area contributed by atoms with E-state index in [1.54, 1.807) is 0 Å². The van der Waals surface area contributed by atoms with Crippen molar-refractivity contribution in [1.29, 1.82) is 0 Å². The molecule has 114 valence electrons. The van der Waals surface area contributed by atoms with Crippen LogP contribution in [-0.4, -0.2) is 5.54 Å². The molecule has 0 atom stereocenters. The summed E-state index contributed by atoms with van der Waals surface area (Å²) in [6, 6.07) is 23.7. The molecule has 0 aliphatic heterocycles. The van der Waals surface area contributed by atoms with E-state index >= 15 is 0 Å². The topological polar surface area (TPSA) is 26.0 Å². The molecule has 2 N–H and O–H groups in total. The fourth-order valence-electron chi connectivity index (χ4n) is 2.80. The van der Waals surface area contributed by atoms with Gasteiger partial charge in [0.15, 0.2) is 0 Å². The van der Waals surface area contributed by atoms with Crippen molar-refractivity contribution in [3.63, 3.8) is 0 Å². The van der Waals surface area contributed by atoms with Gasteiger partial charge >= 0.3 is 0 Å². The van der Waals surface area contributed by atoms with Crippen molar-refractivity contribution in [2.75, 3.05) is 0 Å². The van der Waals surface area contributed by atoms with E-state index in [4.69, 9.17) is 5.73 Å². The molecule has 0 fully saturated rings. The summed E-state index contributed by atoms with van der Waals surface area (Å²) in [7, 11) is 0. The van der Waals surface area contributed by atoms with Crippen LogP contribution in [0.3, 0.4) is 0 Å². The smallest absolute Gasteiger partial charge is 0.0138 e. The molecule has 0 bridgehead atoms. The molecule has 0 radical (unpaired) electrons. The van der Waals surface area contributed by atoms with Crippen molar-refractivity contribution in [3.8, 4) is 11.1 Å². The van der Waals surface area contributed by atoms with E-state index in [9.17, 15) is 0 Å². The zero-order valence-corrected chi connectivity index (χ0v) is 13.9. The maximum Gasteiger partial charge on any atom is 0.0138 e. The third kappa shape index (κ3) is 3.68. The van der Waals surface area contributed by atoms with Gasteiger partial charge in [0, 0.05) is 5.54 Å². The first-order chi connectivity index (χ1) is 10.0. The SMILES string of the molecule is CC(C)(N)Cc1ccccc1-c1ccc2ccccc2c1.Cl. The Kier molecular flexibility index (Phi) is 4.90. The fraction of sp³-hybridized carbons (Fsp3) is 0.200. The quantitative estimate of drug-likeness (QED) is 0.706. The lowest BCUT2D eigenvalue weighted by Crippen LogP contribution is -2.34. The minimum absolute atomic E-state index is 0. The highest BCUT2D eigenvalue weighted by molar-refractivity contribution is 5.87. The van der Waals surface area contributed by atoms with Gasteiger partial charge in [-0.15, -0.1) is 12.4 Å². The summed E-state index contributed by atoms with van der Waals surface area (Å²) in [5.41, 5.74) is 9.85. The fourth-order valence-corrected chi connectivity index (χ4v) is 2.80. The van der Waals surface area contributed by atoms with Gasteiger partial charge in [0.05, 0.1) is 0 Å². The van der Waals surface area contributed by atoms with Crippen LogP contribution in [0.25, 0.3) is 21.9 Å². The zero-order valence-electron chi connectivity index (χ0n) is 13.0. The number of hydrogen-bond acceptors (Lipinski definition) is 1. The Morgan fingerprint density at radius 3 is 2.18 bits per heavy atom. The number of fused-ring (bicyclic) bond motifs is 1. The average Bonchev–Trinajstić information content (AvgIpc) is 2.46. The van der Waals surface area contributed by atoms with Crippen molar-refractivity contribution in [2.45, 2.75) is 25.8 Å². The number of rotatable bonds is 3. The van der Waals surface area contributed by atoms with Crippen molar-refractivity contribution >= 4 is 23.2 Å². The lowest BCUT2D eigenvalue weighted by atomic mass is 9.89. The molecular weight excluding hydrogens is 290 g/mol. The molecule has 1 nitrogen and oxygen atoms in total. The lowest BCUT2D eigenvalue weighted by molar-refractivity contribution is 0.517. The molecule has 0 aromatic heterocycles. The van der Waals surface area contributed by atoms with Gasteiger partial charge in [-0.3, -0.25) is 0 Å². The third-order valence-corrected chi connectivity index (χ3v) is 3.72.